The summed E-state index contributed by atoms with van der Waals surface area (Å²) < 4.78 is 0. The smallest absolute Gasteiger partial charge is 0.161 e. The first kappa shape index (κ1) is 11.3. The third kappa shape index (κ3) is 3.12. The maximum absolute atomic E-state index is 11.2. The van der Waals surface area contributed by atoms with Crippen LogP contribution in [0.2, 0.25) is 0 Å². The van der Waals surface area contributed by atoms with E-state index in [0.717, 1.165) is 5.56 Å². The summed E-state index contributed by atoms with van der Waals surface area (Å²) in [5.41, 5.74) is 7.33. The van der Waals surface area contributed by atoms with Crippen LogP contribution in [0, 0.1) is 11.8 Å². The van der Waals surface area contributed by atoms with Crippen molar-refractivity contribution in [2.24, 2.45) is 0 Å². The summed E-state index contributed by atoms with van der Waals surface area (Å²) in [5.74, 6) is 5.56. The Morgan fingerprint density at radius 1 is 1.53 bits per heavy atom. The predicted octanol–water partition coefficient (Wildman–Crippen LogP) is 1.21. The van der Waals surface area contributed by atoms with Crippen molar-refractivity contribution < 1.29 is 9.90 Å². The van der Waals surface area contributed by atoms with Gasteiger partial charge in [0.15, 0.2) is 5.78 Å². The van der Waals surface area contributed by atoms with Crippen LogP contribution in [0.15, 0.2) is 18.2 Å². The van der Waals surface area contributed by atoms with E-state index in [1.807, 2.05) is 0 Å². The van der Waals surface area contributed by atoms with Gasteiger partial charge in [-0.1, -0.05) is 11.8 Å². The summed E-state index contributed by atoms with van der Waals surface area (Å²) in [6.07, 6.45) is 0.430. The van der Waals surface area contributed by atoms with E-state index in [-0.39, 0.29) is 12.4 Å². The van der Waals surface area contributed by atoms with E-state index in [4.69, 9.17) is 10.8 Å². The molecular formula is C12H13NO2. The molecule has 0 aliphatic carbocycles. The van der Waals surface area contributed by atoms with Gasteiger partial charge in [0.05, 0.1) is 6.61 Å². The molecule has 0 atom stereocenters. The van der Waals surface area contributed by atoms with Crippen LogP contribution in [-0.4, -0.2) is 17.5 Å². The maximum atomic E-state index is 11.2. The van der Waals surface area contributed by atoms with Crippen LogP contribution in [0.5, 0.6) is 0 Å². The van der Waals surface area contributed by atoms with Gasteiger partial charge in [-0.3, -0.25) is 4.79 Å². The first-order chi connectivity index (χ1) is 7.15. The summed E-state index contributed by atoms with van der Waals surface area (Å²) in [7, 11) is 0. The van der Waals surface area contributed by atoms with E-state index in [1.54, 1.807) is 18.2 Å². The topological polar surface area (TPSA) is 63.3 Å². The lowest BCUT2D eigenvalue weighted by Gasteiger charge is -2.01. The molecule has 0 aromatic heterocycles. The minimum atomic E-state index is -0.0710. The molecule has 0 aliphatic rings. The number of Topliss-reactive ketones (excluding diaryl/α,β-unsaturated/α-hetero) is 1. The molecule has 3 heteroatoms. The van der Waals surface area contributed by atoms with Crippen LogP contribution in [0.3, 0.4) is 0 Å². The fourth-order valence-electron chi connectivity index (χ4n) is 1.16. The van der Waals surface area contributed by atoms with Crippen LogP contribution in [-0.2, 0) is 0 Å². The van der Waals surface area contributed by atoms with E-state index in [0.29, 0.717) is 17.7 Å². The number of hydrogen-bond acceptors (Lipinski definition) is 3. The lowest BCUT2D eigenvalue weighted by atomic mass is 10.1. The fraction of sp³-hybridized carbons (Fsp3) is 0.250. The molecule has 0 bridgehead atoms. The van der Waals surface area contributed by atoms with Gasteiger partial charge in [-0.25, -0.2) is 0 Å². The normalized spacial score (nSPS) is 9.20. The van der Waals surface area contributed by atoms with Crippen LogP contribution in [0.1, 0.15) is 29.3 Å². The molecule has 3 N–H and O–H groups in total. The summed E-state index contributed by atoms with van der Waals surface area (Å²) in [4.78, 5) is 11.2. The molecule has 0 unspecified atom stereocenters. The third-order valence-electron chi connectivity index (χ3n) is 1.90. The Bertz CT molecular complexity index is 427. The number of rotatable bonds is 2. The van der Waals surface area contributed by atoms with Crippen LogP contribution in [0.25, 0.3) is 0 Å². The number of anilines is 1. The van der Waals surface area contributed by atoms with Gasteiger partial charge in [-0.15, -0.1) is 0 Å². The zero-order chi connectivity index (χ0) is 11.3. The van der Waals surface area contributed by atoms with Gasteiger partial charge in [0.2, 0.25) is 0 Å². The number of carbonyl (C=O) groups is 1. The molecule has 78 valence electrons. The van der Waals surface area contributed by atoms with Gasteiger partial charge in [-0.05, 0) is 25.1 Å². The van der Waals surface area contributed by atoms with Gasteiger partial charge in [0, 0.05) is 23.2 Å². The lowest BCUT2D eigenvalue weighted by molar-refractivity contribution is 0.101. The van der Waals surface area contributed by atoms with Crippen molar-refractivity contribution in [3.8, 4) is 11.8 Å². The van der Waals surface area contributed by atoms with Crippen molar-refractivity contribution in [2.75, 3.05) is 12.3 Å². The molecule has 0 saturated carbocycles. The Labute approximate surface area is 88.9 Å². The Hall–Kier alpha value is -1.79. The van der Waals surface area contributed by atoms with Crippen LogP contribution >= 0.6 is 0 Å². The first-order valence-corrected chi connectivity index (χ1v) is 4.65. The minimum absolute atomic E-state index is 0.0432. The first-order valence-electron chi connectivity index (χ1n) is 4.65. The van der Waals surface area contributed by atoms with Crippen LogP contribution in [0.4, 0.5) is 5.69 Å². The zero-order valence-corrected chi connectivity index (χ0v) is 8.58. The van der Waals surface area contributed by atoms with Crippen molar-refractivity contribution >= 4 is 11.5 Å². The molecule has 1 rings (SSSR count). The van der Waals surface area contributed by atoms with Gasteiger partial charge in [0.1, 0.15) is 0 Å². The average Bonchev–Trinajstić information content (AvgIpc) is 2.20. The van der Waals surface area contributed by atoms with Crippen LogP contribution < -0.4 is 5.73 Å². The molecule has 0 radical (unpaired) electrons. The fourth-order valence-corrected chi connectivity index (χ4v) is 1.16. The summed E-state index contributed by atoms with van der Waals surface area (Å²) >= 11 is 0. The highest BCUT2D eigenvalue weighted by atomic mass is 16.2. The third-order valence-corrected chi connectivity index (χ3v) is 1.90. The summed E-state index contributed by atoms with van der Waals surface area (Å²) in [5, 5.41) is 8.55. The Morgan fingerprint density at radius 2 is 2.27 bits per heavy atom. The van der Waals surface area contributed by atoms with Gasteiger partial charge in [0.25, 0.3) is 0 Å². The second kappa shape index (κ2) is 5.18. The van der Waals surface area contributed by atoms with Crippen molar-refractivity contribution in [3.05, 3.63) is 29.3 Å². The van der Waals surface area contributed by atoms with Gasteiger partial charge in [-0.2, -0.15) is 0 Å². The predicted molar refractivity (Wildman–Crippen MR) is 59.4 cm³/mol. The number of nitrogens with two attached hydrogens (primary N) is 1. The molecule has 0 spiro atoms. The van der Waals surface area contributed by atoms with E-state index >= 15 is 0 Å². The van der Waals surface area contributed by atoms with E-state index in [9.17, 15) is 4.79 Å². The lowest BCUT2D eigenvalue weighted by Crippen LogP contribution is -1.99. The molecule has 0 saturated heterocycles. The summed E-state index contributed by atoms with van der Waals surface area (Å²) in [6, 6.07) is 5.09. The Kier molecular flexibility index (Phi) is 3.90. The highest BCUT2D eigenvalue weighted by molar-refractivity contribution is 5.99. The van der Waals surface area contributed by atoms with Gasteiger partial charge >= 0.3 is 0 Å². The molecular weight excluding hydrogens is 190 g/mol. The molecule has 15 heavy (non-hydrogen) atoms. The highest BCUT2D eigenvalue weighted by Crippen LogP contribution is 2.14. The number of benzene rings is 1. The standard InChI is InChI=1S/C12H13NO2/c1-9(15)11-8-10(4-2-3-7-14)5-6-12(11)13/h5-6,8,14H,3,7,13H2,1H3. The zero-order valence-electron chi connectivity index (χ0n) is 8.58. The molecule has 0 heterocycles. The molecule has 1 aromatic carbocycles. The number of nitrogen functional groups attached to an aromatic ring is 1. The number of carbonyl (C=O) groups excluding carboxylic acids is 1. The maximum Gasteiger partial charge on any atom is 0.161 e. The molecule has 3 nitrogen and oxygen atoms in total. The average molecular weight is 203 g/mol. The number of ketones is 1. The molecule has 1 aromatic rings. The SMILES string of the molecule is CC(=O)c1cc(C#CCCO)ccc1N. The number of aliphatic hydroxyl groups excluding tert-OH is 1. The second-order valence-corrected chi connectivity index (χ2v) is 3.13. The Balaban J connectivity index is 2.99. The molecule has 0 amide bonds. The minimum Gasteiger partial charge on any atom is -0.398 e. The van der Waals surface area contributed by atoms with Crippen molar-refractivity contribution in [3.63, 3.8) is 0 Å². The highest BCUT2D eigenvalue weighted by Gasteiger charge is 2.04. The molecule has 0 fully saturated rings. The summed E-state index contributed by atoms with van der Waals surface area (Å²) in [6.45, 7) is 1.51. The van der Waals surface area contributed by atoms with Crippen molar-refractivity contribution in [1.82, 2.24) is 0 Å². The van der Waals surface area contributed by atoms with E-state index in [1.165, 1.54) is 6.92 Å². The molecule has 0 aliphatic heterocycles. The quantitative estimate of drug-likeness (QED) is 0.431. The van der Waals surface area contributed by atoms with E-state index < -0.39 is 0 Å². The monoisotopic (exact) mass is 203 g/mol. The van der Waals surface area contributed by atoms with Crippen molar-refractivity contribution in [1.29, 1.82) is 0 Å². The number of hydrogen-bond donors (Lipinski definition) is 2. The number of aliphatic hydroxyl groups is 1. The van der Waals surface area contributed by atoms with E-state index in [2.05, 4.69) is 11.8 Å². The van der Waals surface area contributed by atoms with Gasteiger partial charge < -0.3 is 10.8 Å². The largest absolute Gasteiger partial charge is 0.398 e. The van der Waals surface area contributed by atoms with Crippen molar-refractivity contribution in [2.45, 2.75) is 13.3 Å². The second-order valence-electron chi connectivity index (χ2n) is 3.13. The Morgan fingerprint density at radius 3 is 2.87 bits per heavy atom.